The molecule has 0 aromatic heterocycles. The minimum atomic E-state index is -0.878. The molecule has 2 aliphatic heterocycles. The van der Waals surface area contributed by atoms with E-state index in [1.165, 1.54) is 6.42 Å². The summed E-state index contributed by atoms with van der Waals surface area (Å²) in [7, 11) is 3.88. The second kappa shape index (κ2) is 7.11. The maximum Gasteiger partial charge on any atom is 0.326 e. The molecule has 2 unspecified atom stereocenters. The van der Waals surface area contributed by atoms with Crippen molar-refractivity contribution in [3.8, 4) is 0 Å². The molecule has 1 N–H and O–H groups in total. The van der Waals surface area contributed by atoms with Gasteiger partial charge in [-0.15, -0.1) is 0 Å². The van der Waals surface area contributed by atoms with Crippen molar-refractivity contribution in [3.63, 3.8) is 0 Å². The van der Waals surface area contributed by atoms with Crippen LogP contribution in [0, 0.1) is 0 Å². The van der Waals surface area contributed by atoms with Gasteiger partial charge in [-0.25, -0.2) is 9.59 Å². The van der Waals surface area contributed by atoms with Crippen molar-refractivity contribution in [1.29, 1.82) is 0 Å². The Morgan fingerprint density at radius 2 is 1.90 bits per heavy atom. The molecule has 2 amide bonds. The maximum absolute atomic E-state index is 12.6. The molecule has 2 aliphatic rings. The monoisotopic (exact) mass is 297 g/mol. The minimum absolute atomic E-state index is 0.135. The van der Waals surface area contributed by atoms with Crippen LogP contribution in [-0.2, 0) is 4.79 Å². The van der Waals surface area contributed by atoms with E-state index >= 15 is 0 Å². The van der Waals surface area contributed by atoms with Crippen LogP contribution >= 0.6 is 0 Å². The molecule has 21 heavy (non-hydrogen) atoms. The smallest absolute Gasteiger partial charge is 0.326 e. The van der Waals surface area contributed by atoms with Gasteiger partial charge in [0.15, 0.2) is 0 Å². The molecule has 0 radical (unpaired) electrons. The number of carboxylic acid groups (broad SMARTS) is 1. The van der Waals surface area contributed by atoms with Gasteiger partial charge in [0.25, 0.3) is 0 Å². The summed E-state index contributed by atoms with van der Waals surface area (Å²) in [6, 6.07) is -0.400. The SMILES string of the molecule is CN(CC1CCCN1C)C(=O)N1CCCCCC1C(=O)O. The van der Waals surface area contributed by atoms with E-state index in [0.29, 0.717) is 25.6 Å². The third kappa shape index (κ3) is 3.87. The largest absolute Gasteiger partial charge is 0.480 e. The Labute approximate surface area is 126 Å². The van der Waals surface area contributed by atoms with Gasteiger partial charge in [-0.1, -0.05) is 12.8 Å². The molecule has 2 atom stereocenters. The summed E-state index contributed by atoms with van der Waals surface area (Å²) in [5.74, 6) is -0.878. The molecule has 6 nitrogen and oxygen atoms in total. The molecule has 6 heteroatoms. The summed E-state index contributed by atoms with van der Waals surface area (Å²) in [6.45, 7) is 2.31. The average molecular weight is 297 g/mol. The fourth-order valence-corrected chi connectivity index (χ4v) is 3.42. The number of rotatable bonds is 3. The topological polar surface area (TPSA) is 64.1 Å². The van der Waals surface area contributed by atoms with Gasteiger partial charge in [-0.3, -0.25) is 0 Å². The summed E-state index contributed by atoms with van der Waals surface area (Å²) in [4.78, 5) is 29.6. The van der Waals surface area contributed by atoms with Crippen molar-refractivity contribution in [2.45, 2.75) is 50.6 Å². The molecule has 0 saturated carbocycles. The number of aliphatic carboxylic acids is 1. The van der Waals surface area contributed by atoms with Gasteiger partial charge in [-0.2, -0.15) is 0 Å². The summed E-state index contributed by atoms with van der Waals surface area (Å²) < 4.78 is 0. The van der Waals surface area contributed by atoms with Gasteiger partial charge in [0, 0.05) is 26.2 Å². The first-order valence-electron chi connectivity index (χ1n) is 7.95. The van der Waals surface area contributed by atoms with Gasteiger partial charge in [0.05, 0.1) is 0 Å². The number of urea groups is 1. The number of carbonyl (C=O) groups excluding carboxylic acids is 1. The zero-order valence-electron chi connectivity index (χ0n) is 13.1. The molecule has 0 aromatic rings. The summed E-state index contributed by atoms with van der Waals surface area (Å²) in [5.41, 5.74) is 0. The van der Waals surface area contributed by atoms with Crippen molar-refractivity contribution in [3.05, 3.63) is 0 Å². The zero-order valence-corrected chi connectivity index (χ0v) is 13.1. The second-order valence-corrected chi connectivity index (χ2v) is 6.34. The van der Waals surface area contributed by atoms with Gasteiger partial charge in [-0.05, 0) is 39.3 Å². The van der Waals surface area contributed by atoms with Crippen molar-refractivity contribution >= 4 is 12.0 Å². The van der Waals surface area contributed by atoms with Gasteiger partial charge in [0.2, 0.25) is 0 Å². The maximum atomic E-state index is 12.6. The summed E-state index contributed by atoms with van der Waals surface area (Å²) >= 11 is 0. The van der Waals surface area contributed by atoms with Crippen LogP contribution in [0.3, 0.4) is 0 Å². The zero-order chi connectivity index (χ0) is 15.4. The molecular formula is C15H27N3O3. The lowest BCUT2D eigenvalue weighted by atomic mass is 10.1. The molecule has 0 bridgehead atoms. The first-order chi connectivity index (χ1) is 10.0. The van der Waals surface area contributed by atoms with E-state index in [4.69, 9.17) is 0 Å². The number of likely N-dealkylation sites (N-methyl/N-ethyl adjacent to an activating group) is 2. The fourth-order valence-electron chi connectivity index (χ4n) is 3.42. The fraction of sp³-hybridized carbons (Fsp3) is 0.867. The Hall–Kier alpha value is -1.30. The normalized spacial score (nSPS) is 27.4. The molecule has 0 aliphatic carbocycles. The Morgan fingerprint density at radius 3 is 2.52 bits per heavy atom. The van der Waals surface area contributed by atoms with Crippen LogP contribution in [0.5, 0.6) is 0 Å². The van der Waals surface area contributed by atoms with Crippen LogP contribution in [0.4, 0.5) is 4.79 Å². The van der Waals surface area contributed by atoms with Gasteiger partial charge < -0.3 is 19.8 Å². The van der Waals surface area contributed by atoms with E-state index in [2.05, 4.69) is 11.9 Å². The molecule has 0 aromatic carbocycles. The van der Waals surface area contributed by atoms with Crippen LogP contribution in [0.25, 0.3) is 0 Å². The molecule has 0 spiro atoms. The van der Waals surface area contributed by atoms with E-state index in [0.717, 1.165) is 32.2 Å². The minimum Gasteiger partial charge on any atom is -0.480 e. The van der Waals surface area contributed by atoms with Crippen LogP contribution in [-0.4, -0.2) is 77.6 Å². The van der Waals surface area contributed by atoms with E-state index in [-0.39, 0.29) is 6.03 Å². The van der Waals surface area contributed by atoms with Gasteiger partial charge >= 0.3 is 12.0 Å². The highest BCUT2D eigenvalue weighted by molar-refractivity contribution is 5.82. The molecular weight excluding hydrogens is 270 g/mol. The number of likely N-dealkylation sites (tertiary alicyclic amines) is 2. The Morgan fingerprint density at radius 1 is 1.14 bits per heavy atom. The average Bonchev–Trinajstić information content (AvgIpc) is 2.71. The number of nitrogens with zero attached hydrogens (tertiary/aromatic N) is 3. The number of carbonyl (C=O) groups is 2. The molecule has 2 fully saturated rings. The Kier molecular flexibility index (Phi) is 5.45. The lowest BCUT2D eigenvalue weighted by Gasteiger charge is -2.33. The van der Waals surface area contributed by atoms with Crippen LogP contribution in [0.15, 0.2) is 0 Å². The number of amides is 2. The Bertz CT molecular complexity index is 388. The summed E-state index contributed by atoms with van der Waals surface area (Å²) in [6.07, 6.45) is 5.63. The highest BCUT2D eigenvalue weighted by Crippen LogP contribution is 2.20. The predicted octanol–water partition coefficient (Wildman–Crippen LogP) is 1.46. The van der Waals surface area contributed by atoms with E-state index in [1.54, 1.807) is 16.8 Å². The number of hydrogen-bond acceptors (Lipinski definition) is 3. The molecule has 2 heterocycles. The van der Waals surface area contributed by atoms with Crippen LogP contribution < -0.4 is 0 Å². The van der Waals surface area contributed by atoms with Crippen molar-refractivity contribution in [2.75, 3.05) is 33.7 Å². The predicted molar refractivity (Wildman–Crippen MR) is 80.3 cm³/mol. The van der Waals surface area contributed by atoms with Crippen molar-refractivity contribution in [2.24, 2.45) is 0 Å². The van der Waals surface area contributed by atoms with E-state index in [9.17, 15) is 14.7 Å². The van der Waals surface area contributed by atoms with E-state index < -0.39 is 12.0 Å². The van der Waals surface area contributed by atoms with Gasteiger partial charge in [0.1, 0.15) is 6.04 Å². The summed E-state index contributed by atoms with van der Waals surface area (Å²) in [5, 5.41) is 9.37. The quantitative estimate of drug-likeness (QED) is 0.856. The Balaban J connectivity index is 1.99. The third-order valence-corrected chi connectivity index (χ3v) is 4.77. The highest BCUT2D eigenvalue weighted by Gasteiger charge is 2.33. The third-order valence-electron chi connectivity index (χ3n) is 4.77. The molecule has 2 saturated heterocycles. The van der Waals surface area contributed by atoms with E-state index in [1.807, 2.05) is 0 Å². The lowest BCUT2D eigenvalue weighted by Crippen LogP contribution is -2.51. The lowest BCUT2D eigenvalue weighted by molar-refractivity contribution is -0.142. The first kappa shape index (κ1) is 16.1. The number of hydrogen-bond donors (Lipinski definition) is 1. The van der Waals surface area contributed by atoms with Crippen LogP contribution in [0.1, 0.15) is 38.5 Å². The van der Waals surface area contributed by atoms with Crippen molar-refractivity contribution in [1.82, 2.24) is 14.7 Å². The second-order valence-electron chi connectivity index (χ2n) is 6.34. The highest BCUT2D eigenvalue weighted by atomic mass is 16.4. The standard InChI is InChI=1S/C15H27N3O3/c1-16-9-6-7-12(16)11-17(2)15(21)18-10-5-3-4-8-13(18)14(19)20/h12-13H,3-11H2,1-2H3,(H,19,20). The molecule has 2 rings (SSSR count). The molecule has 120 valence electrons. The number of carboxylic acids is 1. The van der Waals surface area contributed by atoms with Crippen molar-refractivity contribution < 1.29 is 14.7 Å². The first-order valence-corrected chi connectivity index (χ1v) is 7.95. The van der Waals surface area contributed by atoms with Crippen LogP contribution in [0.2, 0.25) is 0 Å².